The van der Waals surface area contributed by atoms with Crippen LogP contribution < -0.4 is 11.2 Å². The van der Waals surface area contributed by atoms with Crippen molar-refractivity contribution in [3.8, 4) is 0 Å². The van der Waals surface area contributed by atoms with Gasteiger partial charge in [-0.25, -0.2) is 4.79 Å². The van der Waals surface area contributed by atoms with E-state index in [1.54, 1.807) is 4.57 Å². The Morgan fingerprint density at radius 2 is 1.69 bits per heavy atom. The molecule has 7 heteroatoms. The van der Waals surface area contributed by atoms with Crippen molar-refractivity contribution in [3.63, 3.8) is 0 Å². The van der Waals surface area contributed by atoms with E-state index in [-0.39, 0.29) is 5.69 Å². The van der Waals surface area contributed by atoms with Gasteiger partial charge in [-0.15, -0.1) is 0 Å². The van der Waals surface area contributed by atoms with Crippen molar-refractivity contribution in [2.45, 2.75) is 59.3 Å². The highest BCUT2D eigenvalue weighted by Gasteiger charge is 2.52. The second-order valence-corrected chi connectivity index (χ2v) is 8.55. The zero-order valence-corrected chi connectivity index (χ0v) is 17.7. The summed E-state index contributed by atoms with van der Waals surface area (Å²) in [6, 6.07) is 7.92. The molecule has 0 amide bonds. The lowest BCUT2D eigenvalue weighted by atomic mass is 9.76. The van der Waals surface area contributed by atoms with Crippen molar-refractivity contribution in [2.24, 2.45) is 0 Å². The van der Waals surface area contributed by atoms with Gasteiger partial charge in [-0.2, -0.15) is 4.98 Å². The van der Waals surface area contributed by atoms with Gasteiger partial charge in [0.05, 0.1) is 27.9 Å². The lowest BCUT2D eigenvalue weighted by molar-refractivity contribution is 0.00578. The summed E-state index contributed by atoms with van der Waals surface area (Å²) < 4.78 is 14.9. The van der Waals surface area contributed by atoms with E-state index in [1.165, 1.54) is 0 Å². The van der Waals surface area contributed by atoms with Gasteiger partial charge < -0.3 is 9.31 Å². The zero-order valence-electron chi connectivity index (χ0n) is 16.1. The zero-order chi connectivity index (χ0) is 19.3. The molecule has 0 N–H and O–H groups in total. The average molecular weight is 419 g/mol. The van der Waals surface area contributed by atoms with Crippen molar-refractivity contribution in [3.05, 3.63) is 56.2 Å². The third kappa shape index (κ3) is 3.28. The molecule has 2 heterocycles. The van der Waals surface area contributed by atoms with Crippen molar-refractivity contribution < 1.29 is 9.31 Å². The largest absolute Gasteiger partial charge is 0.495 e. The molecule has 5 nitrogen and oxygen atoms in total. The van der Waals surface area contributed by atoms with E-state index in [2.05, 4.69) is 20.9 Å². The van der Waals surface area contributed by atoms with Gasteiger partial charge in [0.2, 0.25) is 0 Å². The van der Waals surface area contributed by atoms with Crippen molar-refractivity contribution in [1.82, 2.24) is 9.55 Å². The Kier molecular flexibility index (Phi) is 4.92. The predicted octanol–water partition coefficient (Wildman–Crippen LogP) is 2.97. The maximum Gasteiger partial charge on any atom is 0.495 e. The first kappa shape index (κ1) is 19.3. The van der Waals surface area contributed by atoms with E-state index in [4.69, 9.17) is 9.31 Å². The molecular formula is C19H24BBrN2O3. The Hall–Kier alpha value is -1.44. The topological polar surface area (TPSA) is 53.4 Å². The van der Waals surface area contributed by atoms with Crippen LogP contribution in [0.15, 0.2) is 33.5 Å². The monoisotopic (exact) mass is 418 g/mol. The summed E-state index contributed by atoms with van der Waals surface area (Å²) in [4.78, 5) is 16.5. The van der Waals surface area contributed by atoms with Gasteiger partial charge in [-0.1, -0.05) is 24.3 Å². The van der Waals surface area contributed by atoms with E-state index >= 15 is 0 Å². The fraction of sp³-hybridized carbons (Fsp3) is 0.474. The Labute approximate surface area is 163 Å². The van der Waals surface area contributed by atoms with Crippen LogP contribution in [0.1, 0.15) is 44.6 Å². The highest BCUT2D eigenvalue weighted by atomic mass is 79.9. The fourth-order valence-corrected chi connectivity index (χ4v) is 3.31. The van der Waals surface area contributed by atoms with E-state index in [0.717, 1.165) is 21.2 Å². The molecule has 0 saturated carbocycles. The standard InChI is InChI=1S/C19H24BBrN2O3/c1-12-16(21)13(2)23(17(24)22-12)11-14-9-7-8-10-15(14)20-25-18(3,4)19(5,6)26-20/h7-10H,11H2,1-6H3. The van der Waals surface area contributed by atoms with Crippen LogP contribution in [0.4, 0.5) is 0 Å². The smallest absolute Gasteiger partial charge is 0.399 e. The molecule has 0 unspecified atom stereocenters. The highest BCUT2D eigenvalue weighted by Crippen LogP contribution is 2.36. The first-order chi connectivity index (χ1) is 12.0. The van der Waals surface area contributed by atoms with Gasteiger partial charge in [0.25, 0.3) is 0 Å². The maximum atomic E-state index is 12.4. The molecule has 0 bridgehead atoms. The summed E-state index contributed by atoms with van der Waals surface area (Å²) in [6.07, 6.45) is 0. The predicted molar refractivity (Wildman–Crippen MR) is 107 cm³/mol. The summed E-state index contributed by atoms with van der Waals surface area (Å²) in [6.45, 7) is 12.3. The van der Waals surface area contributed by atoms with Gasteiger partial charge in [0, 0.05) is 5.69 Å². The molecule has 2 aromatic rings. The molecule has 1 saturated heterocycles. The van der Waals surface area contributed by atoms with E-state index in [0.29, 0.717) is 12.2 Å². The maximum absolute atomic E-state index is 12.4. The number of aromatic nitrogens is 2. The summed E-state index contributed by atoms with van der Waals surface area (Å²) >= 11 is 3.52. The highest BCUT2D eigenvalue weighted by molar-refractivity contribution is 9.10. The summed E-state index contributed by atoms with van der Waals surface area (Å²) in [5.74, 6) is 0. The molecule has 0 radical (unpaired) electrons. The Morgan fingerprint density at radius 1 is 1.12 bits per heavy atom. The number of benzene rings is 1. The first-order valence-corrected chi connectivity index (χ1v) is 9.50. The molecule has 0 aliphatic carbocycles. The first-order valence-electron chi connectivity index (χ1n) is 8.70. The summed E-state index contributed by atoms with van der Waals surface area (Å²) in [7, 11) is -0.464. The van der Waals surface area contributed by atoms with Crippen molar-refractivity contribution in [1.29, 1.82) is 0 Å². The molecule has 1 aromatic carbocycles. The molecule has 1 fully saturated rings. The third-order valence-electron chi connectivity index (χ3n) is 5.43. The lowest BCUT2D eigenvalue weighted by Crippen LogP contribution is -2.41. The second kappa shape index (κ2) is 6.62. The number of halogens is 1. The third-order valence-corrected chi connectivity index (χ3v) is 6.57. The average Bonchev–Trinajstić information content (AvgIpc) is 2.78. The minimum absolute atomic E-state index is 0.257. The molecule has 3 rings (SSSR count). The van der Waals surface area contributed by atoms with Gasteiger partial charge in [-0.3, -0.25) is 4.57 Å². The number of rotatable bonds is 3. The minimum atomic E-state index is -0.464. The van der Waals surface area contributed by atoms with E-state index in [1.807, 2.05) is 65.8 Å². The number of hydrogen-bond donors (Lipinski definition) is 0. The van der Waals surface area contributed by atoms with E-state index in [9.17, 15) is 4.79 Å². The quantitative estimate of drug-likeness (QED) is 0.719. The number of nitrogens with zero attached hydrogens (tertiary/aromatic N) is 2. The molecule has 26 heavy (non-hydrogen) atoms. The Bertz CT molecular complexity index is 892. The molecule has 1 aromatic heterocycles. The minimum Gasteiger partial charge on any atom is -0.399 e. The van der Waals surface area contributed by atoms with Crippen LogP contribution in [0.5, 0.6) is 0 Å². The molecule has 1 aliphatic rings. The number of hydrogen-bond acceptors (Lipinski definition) is 4. The van der Waals surface area contributed by atoms with Crippen LogP contribution in [0.25, 0.3) is 0 Å². The molecule has 0 atom stereocenters. The van der Waals surface area contributed by atoms with E-state index < -0.39 is 18.3 Å². The van der Waals surface area contributed by atoms with Crippen molar-refractivity contribution >= 4 is 28.5 Å². The summed E-state index contributed by atoms with van der Waals surface area (Å²) in [5, 5.41) is 0. The van der Waals surface area contributed by atoms with Gasteiger partial charge >= 0.3 is 12.8 Å². The SMILES string of the molecule is Cc1nc(=O)n(Cc2ccccc2B2OC(C)(C)C(C)(C)O2)c(C)c1Br. The van der Waals surface area contributed by atoms with Crippen LogP contribution in [0, 0.1) is 13.8 Å². The van der Waals surface area contributed by atoms with Crippen LogP contribution in [-0.4, -0.2) is 27.9 Å². The van der Waals surface area contributed by atoms with Gasteiger partial charge in [0.15, 0.2) is 0 Å². The number of aryl methyl sites for hydroxylation is 1. The normalized spacial score (nSPS) is 18.3. The molecular weight excluding hydrogens is 395 g/mol. The van der Waals surface area contributed by atoms with Crippen LogP contribution in [0.3, 0.4) is 0 Å². The van der Waals surface area contributed by atoms with Crippen molar-refractivity contribution in [2.75, 3.05) is 0 Å². The second-order valence-electron chi connectivity index (χ2n) is 7.75. The summed E-state index contributed by atoms with van der Waals surface area (Å²) in [5.41, 5.74) is 2.39. The molecule has 1 aliphatic heterocycles. The molecule has 0 spiro atoms. The Balaban J connectivity index is 2.01. The fourth-order valence-electron chi connectivity index (χ4n) is 3.01. The van der Waals surface area contributed by atoms with Gasteiger partial charge in [0.1, 0.15) is 0 Å². The van der Waals surface area contributed by atoms with Crippen LogP contribution in [-0.2, 0) is 15.9 Å². The van der Waals surface area contributed by atoms with Gasteiger partial charge in [-0.05, 0) is 68.5 Å². The lowest BCUT2D eigenvalue weighted by Gasteiger charge is -2.32. The Morgan fingerprint density at radius 3 is 2.31 bits per heavy atom. The molecule has 138 valence electrons. The van der Waals surface area contributed by atoms with Crippen LogP contribution >= 0.6 is 15.9 Å². The van der Waals surface area contributed by atoms with Crippen LogP contribution in [0.2, 0.25) is 0 Å².